The second-order valence-electron chi connectivity index (χ2n) is 9.27. The summed E-state index contributed by atoms with van der Waals surface area (Å²) in [5, 5.41) is 3.67. The van der Waals surface area contributed by atoms with Gasteiger partial charge in [0.15, 0.2) is 11.6 Å². The number of rotatable bonds is 12. The molecule has 0 bridgehead atoms. The number of carbonyl (C=O) groups excluding carboxylic acids is 2. The van der Waals surface area contributed by atoms with Crippen LogP contribution in [0.4, 0.5) is 0 Å². The third-order valence-electron chi connectivity index (χ3n) is 7.08. The molecule has 2 atom stereocenters. The van der Waals surface area contributed by atoms with Crippen LogP contribution in [0.15, 0.2) is 22.9 Å². The summed E-state index contributed by atoms with van der Waals surface area (Å²) in [6.45, 7) is 9.06. The van der Waals surface area contributed by atoms with Crippen molar-refractivity contribution in [3.8, 4) is 0 Å². The molecule has 3 rings (SSSR count). The van der Waals surface area contributed by atoms with Crippen molar-refractivity contribution in [1.82, 2.24) is 0 Å². The summed E-state index contributed by atoms with van der Waals surface area (Å²) in [6, 6.07) is 4.18. The van der Waals surface area contributed by atoms with E-state index in [-0.39, 0.29) is 11.6 Å². The number of hydrogen-bond donors (Lipinski definition) is 0. The molecule has 1 aromatic carbocycles. The first-order valence-corrected chi connectivity index (χ1v) is 13.3. The van der Waals surface area contributed by atoms with E-state index >= 15 is 0 Å². The van der Waals surface area contributed by atoms with E-state index in [9.17, 15) is 9.59 Å². The minimum Gasteiger partial charge on any atom is -0.289 e. The molecular weight excluding hydrogens is 400 g/mol. The SMILES string of the molecule is CCCCC(CC)Cc1cc2c(cc1CC(CC)CCCC)C(=O)c1cscc1C2=O. The predicted molar refractivity (Wildman–Crippen MR) is 132 cm³/mol. The van der Waals surface area contributed by atoms with Gasteiger partial charge >= 0.3 is 0 Å². The zero-order valence-corrected chi connectivity index (χ0v) is 20.6. The summed E-state index contributed by atoms with van der Waals surface area (Å²) < 4.78 is 0. The van der Waals surface area contributed by atoms with Crippen LogP contribution in [0.3, 0.4) is 0 Å². The topological polar surface area (TPSA) is 34.1 Å². The molecule has 3 heteroatoms. The van der Waals surface area contributed by atoms with Crippen LogP contribution in [0.25, 0.3) is 0 Å². The van der Waals surface area contributed by atoms with Gasteiger partial charge in [-0.2, -0.15) is 11.3 Å². The summed E-state index contributed by atoms with van der Waals surface area (Å²) >= 11 is 1.45. The van der Waals surface area contributed by atoms with E-state index < -0.39 is 0 Å². The highest BCUT2D eigenvalue weighted by Crippen LogP contribution is 2.34. The van der Waals surface area contributed by atoms with Crippen molar-refractivity contribution < 1.29 is 9.59 Å². The number of hydrogen-bond acceptors (Lipinski definition) is 3. The number of thiophene rings is 1. The zero-order valence-electron chi connectivity index (χ0n) is 19.8. The van der Waals surface area contributed by atoms with Crippen molar-refractivity contribution in [3.63, 3.8) is 0 Å². The molecule has 0 saturated heterocycles. The normalized spacial score (nSPS) is 15.0. The lowest BCUT2D eigenvalue weighted by molar-refractivity contribution is 0.0980. The van der Waals surface area contributed by atoms with Gasteiger partial charge in [-0.05, 0) is 47.9 Å². The molecule has 1 aromatic heterocycles. The molecule has 0 radical (unpaired) electrons. The van der Waals surface area contributed by atoms with Gasteiger partial charge in [-0.3, -0.25) is 9.59 Å². The number of unbranched alkanes of at least 4 members (excludes halogenated alkanes) is 2. The quantitative estimate of drug-likeness (QED) is 0.287. The monoisotopic (exact) mass is 438 g/mol. The Balaban J connectivity index is 2.00. The Morgan fingerprint density at radius 2 is 1.10 bits per heavy atom. The highest BCUT2D eigenvalue weighted by Gasteiger charge is 2.32. The summed E-state index contributed by atoms with van der Waals surface area (Å²) in [6.07, 6.45) is 11.8. The van der Waals surface area contributed by atoms with Gasteiger partial charge in [0.1, 0.15) is 0 Å². The Bertz CT molecular complexity index is 836. The maximum absolute atomic E-state index is 13.2. The second-order valence-corrected chi connectivity index (χ2v) is 10.0. The molecular formula is C28H38O2S. The minimum absolute atomic E-state index is 0.0262. The molecule has 2 nitrogen and oxygen atoms in total. The molecule has 1 aliphatic rings. The van der Waals surface area contributed by atoms with Gasteiger partial charge in [0, 0.05) is 33.0 Å². The fraction of sp³-hybridized carbons (Fsp3) is 0.571. The number of benzene rings is 1. The third-order valence-corrected chi connectivity index (χ3v) is 7.83. The lowest BCUT2D eigenvalue weighted by Gasteiger charge is -2.24. The average molecular weight is 439 g/mol. The first-order chi connectivity index (χ1) is 15.0. The summed E-state index contributed by atoms with van der Waals surface area (Å²) in [5.74, 6) is 1.33. The van der Waals surface area contributed by atoms with Crippen molar-refractivity contribution in [3.05, 3.63) is 56.3 Å². The molecule has 1 heterocycles. The van der Waals surface area contributed by atoms with E-state index in [2.05, 4.69) is 39.8 Å². The summed E-state index contributed by atoms with van der Waals surface area (Å²) in [7, 11) is 0. The van der Waals surface area contributed by atoms with E-state index in [0.29, 0.717) is 34.1 Å². The van der Waals surface area contributed by atoms with Gasteiger partial charge in [0.05, 0.1) is 0 Å². The minimum atomic E-state index is 0.0262. The van der Waals surface area contributed by atoms with Gasteiger partial charge in [0.25, 0.3) is 0 Å². The van der Waals surface area contributed by atoms with Crippen LogP contribution in [0, 0.1) is 11.8 Å². The molecule has 0 saturated carbocycles. The van der Waals surface area contributed by atoms with Gasteiger partial charge in [-0.15, -0.1) is 0 Å². The first-order valence-electron chi connectivity index (χ1n) is 12.3. The zero-order chi connectivity index (χ0) is 22.4. The van der Waals surface area contributed by atoms with Crippen molar-refractivity contribution in [2.24, 2.45) is 11.8 Å². The molecule has 2 aromatic rings. The maximum atomic E-state index is 13.2. The molecule has 31 heavy (non-hydrogen) atoms. The maximum Gasteiger partial charge on any atom is 0.195 e. The Kier molecular flexibility index (Phi) is 8.66. The molecule has 0 fully saturated rings. The van der Waals surface area contributed by atoms with Crippen LogP contribution >= 0.6 is 11.3 Å². The number of fused-ring (bicyclic) bond motifs is 2. The lowest BCUT2D eigenvalue weighted by Crippen LogP contribution is -2.21. The van der Waals surface area contributed by atoms with Crippen LogP contribution in [-0.2, 0) is 12.8 Å². The highest BCUT2D eigenvalue weighted by atomic mass is 32.1. The van der Waals surface area contributed by atoms with Gasteiger partial charge < -0.3 is 0 Å². The molecule has 0 N–H and O–H groups in total. The van der Waals surface area contributed by atoms with Crippen LogP contribution < -0.4 is 0 Å². The molecule has 168 valence electrons. The van der Waals surface area contributed by atoms with Crippen molar-refractivity contribution >= 4 is 22.9 Å². The smallest absolute Gasteiger partial charge is 0.195 e. The van der Waals surface area contributed by atoms with Crippen molar-refractivity contribution in [1.29, 1.82) is 0 Å². The predicted octanol–water partition coefficient (Wildman–Crippen LogP) is 8.04. The molecule has 0 spiro atoms. The third kappa shape index (κ3) is 5.37. The first kappa shape index (κ1) is 23.9. The van der Waals surface area contributed by atoms with E-state index in [4.69, 9.17) is 0 Å². The molecule has 2 unspecified atom stereocenters. The Morgan fingerprint density at radius 3 is 1.45 bits per heavy atom. The fourth-order valence-corrected chi connectivity index (χ4v) is 5.70. The van der Waals surface area contributed by atoms with E-state index in [1.165, 1.54) is 61.0 Å². The Hall–Kier alpha value is -1.74. The highest BCUT2D eigenvalue weighted by molar-refractivity contribution is 7.08. The van der Waals surface area contributed by atoms with Crippen molar-refractivity contribution in [2.75, 3.05) is 0 Å². The summed E-state index contributed by atoms with van der Waals surface area (Å²) in [5.41, 5.74) is 5.04. The van der Waals surface area contributed by atoms with Crippen molar-refractivity contribution in [2.45, 2.75) is 91.9 Å². The Morgan fingerprint density at radius 1 is 0.677 bits per heavy atom. The van der Waals surface area contributed by atoms with Crippen LogP contribution in [-0.4, -0.2) is 11.6 Å². The number of carbonyl (C=O) groups is 2. The lowest BCUT2D eigenvalue weighted by atomic mass is 9.79. The average Bonchev–Trinajstić information content (AvgIpc) is 3.28. The van der Waals surface area contributed by atoms with Gasteiger partial charge in [0.2, 0.25) is 0 Å². The van der Waals surface area contributed by atoms with E-state index in [1.54, 1.807) is 0 Å². The fourth-order valence-electron chi connectivity index (χ4n) is 4.89. The van der Waals surface area contributed by atoms with Gasteiger partial charge in [-0.25, -0.2) is 0 Å². The van der Waals surface area contributed by atoms with Crippen LogP contribution in [0.2, 0.25) is 0 Å². The van der Waals surface area contributed by atoms with Gasteiger partial charge in [-0.1, -0.05) is 79.1 Å². The Labute approximate surface area is 192 Å². The largest absolute Gasteiger partial charge is 0.289 e. The molecule has 1 aliphatic carbocycles. The van der Waals surface area contributed by atoms with E-state index in [1.807, 2.05) is 10.8 Å². The standard InChI is InChI=1S/C28H38O2S/c1-5-9-11-19(7-3)13-21-15-23-24(16-22(21)14-20(8-4)12-10-6-2)28(30)26-18-31-17-25(26)27(23)29/h15-20H,5-14H2,1-4H3. The molecule has 0 amide bonds. The van der Waals surface area contributed by atoms with Crippen LogP contribution in [0.5, 0.6) is 0 Å². The summed E-state index contributed by atoms with van der Waals surface area (Å²) in [4.78, 5) is 26.4. The molecule has 0 aliphatic heterocycles. The van der Waals surface area contributed by atoms with Crippen LogP contribution in [0.1, 0.15) is 122 Å². The number of ketones is 2. The second kappa shape index (κ2) is 11.2. The van der Waals surface area contributed by atoms with E-state index in [0.717, 1.165) is 25.7 Å².